The fraction of sp³-hybridized carbons (Fsp3) is 0. The van der Waals surface area contributed by atoms with E-state index in [-0.39, 0.29) is 0 Å². The summed E-state index contributed by atoms with van der Waals surface area (Å²) in [7, 11) is -3.65. The highest BCUT2D eigenvalue weighted by molar-refractivity contribution is 7.95. The van der Waals surface area contributed by atoms with Crippen molar-refractivity contribution in [2.45, 2.75) is 0 Å². The Hall–Kier alpha value is -2.76. The normalized spacial score (nSPS) is 12.2. The molecule has 0 aliphatic carbocycles. The molecule has 1 N–H and O–H groups in total. The van der Waals surface area contributed by atoms with Gasteiger partial charge in [0.25, 0.3) is 10.0 Å². The average molecular weight is 384 g/mol. The summed E-state index contributed by atoms with van der Waals surface area (Å²) in [5.74, 6) is 0. The van der Waals surface area contributed by atoms with Gasteiger partial charge in [0.05, 0.1) is 11.1 Å². The summed E-state index contributed by atoms with van der Waals surface area (Å²) in [5, 5.41) is 3.67. The summed E-state index contributed by atoms with van der Waals surface area (Å²) < 4.78 is 32.9. The number of rotatable bonds is 4. The molecule has 0 aliphatic rings. The van der Waals surface area contributed by atoms with Crippen LogP contribution in [-0.2, 0) is 10.0 Å². The Morgan fingerprint density at radius 3 is 2.42 bits per heavy atom. The average Bonchev–Trinajstić information content (AvgIpc) is 2.98. The van der Waals surface area contributed by atoms with Crippen molar-refractivity contribution in [3.63, 3.8) is 0 Å². The first-order chi connectivity index (χ1) is 12.5. The molecule has 0 amide bonds. The summed E-state index contributed by atoms with van der Waals surface area (Å²) >= 11 is 5.82. The summed E-state index contributed by atoms with van der Waals surface area (Å²) in [6.45, 7) is 0. The van der Waals surface area contributed by atoms with Crippen molar-refractivity contribution in [3.8, 4) is 0 Å². The SMILES string of the molecule is O=S(=O)(C=Cc1ccc(Cl)cc1)Nc1ccc2c(c1)oc1ccccc12. The monoisotopic (exact) mass is 383 g/mol. The van der Waals surface area contributed by atoms with E-state index in [0.717, 1.165) is 27.3 Å². The Kier molecular flexibility index (Phi) is 4.18. The molecule has 4 nitrogen and oxygen atoms in total. The maximum atomic E-state index is 12.3. The zero-order chi connectivity index (χ0) is 18.1. The lowest BCUT2D eigenvalue weighted by atomic mass is 10.1. The van der Waals surface area contributed by atoms with E-state index in [1.54, 1.807) is 36.4 Å². The van der Waals surface area contributed by atoms with Crippen molar-refractivity contribution in [1.82, 2.24) is 0 Å². The molecule has 0 unspecified atom stereocenters. The Morgan fingerprint density at radius 1 is 0.885 bits per heavy atom. The summed E-state index contributed by atoms with van der Waals surface area (Å²) in [6.07, 6.45) is 1.51. The number of furan rings is 1. The van der Waals surface area contributed by atoms with Crippen LogP contribution in [0.1, 0.15) is 5.56 Å². The molecule has 130 valence electrons. The van der Waals surface area contributed by atoms with Crippen LogP contribution in [0.25, 0.3) is 28.0 Å². The summed E-state index contributed by atoms with van der Waals surface area (Å²) in [5.41, 5.74) is 2.59. The quantitative estimate of drug-likeness (QED) is 0.495. The number of anilines is 1. The van der Waals surface area contributed by atoms with E-state index in [0.29, 0.717) is 16.3 Å². The Balaban J connectivity index is 1.61. The van der Waals surface area contributed by atoms with Gasteiger partial charge in [-0.2, -0.15) is 0 Å². The first-order valence-electron chi connectivity index (χ1n) is 7.88. The van der Waals surface area contributed by atoms with Gasteiger partial charge in [-0.05, 0) is 42.0 Å². The van der Waals surface area contributed by atoms with Gasteiger partial charge in [-0.3, -0.25) is 4.72 Å². The minimum absolute atomic E-state index is 0.442. The second kappa shape index (κ2) is 6.52. The maximum Gasteiger partial charge on any atom is 0.255 e. The van der Waals surface area contributed by atoms with Gasteiger partial charge in [0.1, 0.15) is 11.2 Å². The van der Waals surface area contributed by atoms with Gasteiger partial charge in [0.2, 0.25) is 0 Å². The summed E-state index contributed by atoms with van der Waals surface area (Å²) in [4.78, 5) is 0. The highest BCUT2D eigenvalue weighted by Gasteiger charge is 2.10. The highest BCUT2D eigenvalue weighted by Crippen LogP contribution is 2.30. The molecule has 26 heavy (non-hydrogen) atoms. The van der Waals surface area contributed by atoms with Crippen molar-refractivity contribution in [1.29, 1.82) is 0 Å². The van der Waals surface area contributed by atoms with Crippen molar-refractivity contribution in [3.05, 3.63) is 82.7 Å². The zero-order valence-electron chi connectivity index (χ0n) is 13.5. The summed E-state index contributed by atoms with van der Waals surface area (Å²) in [6, 6.07) is 19.8. The van der Waals surface area contributed by atoms with E-state index < -0.39 is 10.0 Å². The minimum Gasteiger partial charge on any atom is -0.456 e. The number of nitrogens with one attached hydrogen (secondary N) is 1. The van der Waals surface area contributed by atoms with E-state index in [1.807, 2.05) is 30.3 Å². The molecule has 1 heterocycles. The van der Waals surface area contributed by atoms with Gasteiger partial charge in [0.15, 0.2) is 0 Å². The lowest BCUT2D eigenvalue weighted by Gasteiger charge is -2.04. The van der Waals surface area contributed by atoms with Gasteiger partial charge in [-0.1, -0.05) is 41.9 Å². The topological polar surface area (TPSA) is 59.3 Å². The zero-order valence-corrected chi connectivity index (χ0v) is 15.1. The standard InChI is InChI=1S/C20H14ClNO3S/c21-15-7-5-14(6-8-15)11-12-26(23,24)22-16-9-10-18-17-3-1-2-4-19(17)25-20(18)13-16/h1-13,22H. The van der Waals surface area contributed by atoms with Crippen LogP contribution in [0.15, 0.2) is 76.6 Å². The third-order valence-corrected chi connectivity index (χ3v) is 5.22. The molecule has 0 atom stereocenters. The number of benzene rings is 3. The van der Waals surface area contributed by atoms with Crippen LogP contribution in [0, 0.1) is 0 Å². The molecule has 0 saturated heterocycles. The van der Waals surface area contributed by atoms with Crippen LogP contribution >= 0.6 is 11.6 Å². The number of hydrogen-bond donors (Lipinski definition) is 1. The van der Waals surface area contributed by atoms with Crippen LogP contribution < -0.4 is 4.72 Å². The molecule has 0 saturated carbocycles. The van der Waals surface area contributed by atoms with Gasteiger partial charge in [-0.25, -0.2) is 8.42 Å². The molecule has 4 aromatic rings. The lowest BCUT2D eigenvalue weighted by Crippen LogP contribution is -2.08. The first kappa shape index (κ1) is 16.7. The van der Waals surface area contributed by atoms with E-state index in [9.17, 15) is 8.42 Å². The van der Waals surface area contributed by atoms with Crippen LogP contribution in [-0.4, -0.2) is 8.42 Å². The molecular formula is C20H14ClNO3S. The molecule has 6 heteroatoms. The fourth-order valence-electron chi connectivity index (χ4n) is 2.73. The third-order valence-electron chi connectivity index (χ3n) is 3.95. The van der Waals surface area contributed by atoms with E-state index in [1.165, 1.54) is 6.08 Å². The fourth-order valence-corrected chi connectivity index (χ4v) is 3.72. The molecule has 0 fully saturated rings. The number of halogens is 1. The number of sulfonamides is 1. The van der Waals surface area contributed by atoms with Gasteiger partial charge >= 0.3 is 0 Å². The number of fused-ring (bicyclic) bond motifs is 3. The van der Waals surface area contributed by atoms with Crippen LogP contribution in [0.4, 0.5) is 5.69 Å². The van der Waals surface area contributed by atoms with Crippen molar-refractivity contribution >= 4 is 55.3 Å². The molecular weight excluding hydrogens is 370 g/mol. The smallest absolute Gasteiger partial charge is 0.255 e. The predicted octanol–water partition coefficient (Wildman–Crippen LogP) is 5.65. The van der Waals surface area contributed by atoms with Crippen LogP contribution in [0.5, 0.6) is 0 Å². The Labute approximate surface area is 155 Å². The molecule has 0 bridgehead atoms. The lowest BCUT2D eigenvalue weighted by molar-refractivity contribution is 0.609. The third kappa shape index (κ3) is 3.45. The van der Waals surface area contributed by atoms with E-state index in [2.05, 4.69) is 4.72 Å². The molecule has 1 aromatic heterocycles. The largest absolute Gasteiger partial charge is 0.456 e. The molecule has 0 spiro atoms. The molecule has 0 aliphatic heterocycles. The van der Waals surface area contributed by atoms with Gasteiger partial charge in [0, 0.05) is 21.9 Å². The van der Waals surface area contributed by atoms with Gasteiger partial charge < -0.3 is 4.42 Å². The number of hydrogen-bond acceptors (Lipinski definition) is 3. The first-order valence-corrected chi connectivity index (χ1v) is 9.80. The maximum absolute atomic E-state index is 12.3. The van der Waals surface area contributed by atoms with Gasteiger partial charge in [-0.15, -0.1) is 0 Å². The highest BCUT2D eigenvalue weighted by atomic mass is 35.5. The second-order valence-electron chi connectivity index (χ2n) is 5.81. The Morgan fingerprint density at radius 2 is 1.62 bits per heavy atom. The molecule has 3 aromatic carbocycles. The van der Waals surface area contributed by atoms with E-state index >= 15 is 0 Å². The minimum atomic E-state index is -3.65. The van der Waals surface area contributed by atoms with Crippen molar-refractivity contribution in [2.75, 3.05) is 4.72 Å². The number of para-hydroxylation sites is 1. The van der Waals surface area contributed by atoms with Crippen molar-refractivity contribution in [2.24, 2.45) is 0 Å². The Bertz CT molecular complexity index is 1230. The second-order valence-corrected chi connectivity index (χ2v) is 7.81. The van der Waals surface area contributed by atoms with Crippen molar-refractivity contribution < 1.29 is 12.8 Å². The van der Waals surface area contributed by atoms with E-state index in [4.69, 9.17) is 16.0 Å². The molecule has 4 rings (SSSR count). The predicted molar refractivity (Wildman–Crippen MR) is 107 cm³/mol. The molecule has 0 radical (unpaired) electrons. The van der Waals surface area contributed by atoms with Crippen LogP contribution in [0.2, 0.25) is 5.02 Å². The van der Waals surface area contributed by atoms with Crippen LogP contribution in [0.3, 0.4) is 0 Å².